The number of aryl methyl sites for hydroxylation is 1. The van der Waals surface area contributed by atoms with Crippen molar-refractivity contribution in [2.75, 3.05) is 11.9 Å². The molecule has 0 spiro atoms. The van der Waals surface area contributed by atoms with Crippen LogP contribution >= 0.6 is 0 Å². The van der Waals surface area contributed by atoms with Gasteiger partial charge in [0.1, 0.15) is 11.6 Å². The molecule has 0 amide bonds. The zero-order chi connectivity index (χ0) is 12.4. The normalized spacial score (nSPS) is 10.8. The highest BCUT2D eigenvalue weighted by atomic mass is 19.1. The Bertz CT molecular complexity index is 606. The van der Waals surface area contributed by atoms with Crippen molar-refractivity contribution in [1.82, 2.24) is 9.97 Å². The molecule has 2 rings (SSSR count). The lowest BCUT2D eigenvalue weighted by Gasteiger charge is -2.07. The fourth-order valence-corrected chi connectivity index (χ4v) is 1.67. The van der Waals surface area contributed by atoms with Gasteiger partial charge >= 0.3 is 0 Å². The van der Waals surface area contributed by atoms with Crippen molar-refractivity contribution in [2.45, 2.75) is 20.3 Å². The van der Waals surface area contributed by atoms with E-state index < -0.39 is 0 Å². The molecular weight excluding hydrogens is 221 g/mol. The average molecular weight is 235 g/mol. The maximum absolute atomic E-state index is 13.7. The van der Waals surface area contributed by atoms with E-state index in [1.807, 2.05) is 6.92 Å². The van der Waals surface area contributed by atoms with E-state index in [4.69, 9.17) is 0 Å². The summed E-state index contributed by atoms with van der Waals surface area (Å²) in [5.41, 5.74) is 0.480. The average Bonchev–Trinajstić information content (AvgIpc) is 2.26. The number of H-pyrrole nitrogens is 1. The molecule has 0 bridgehead atoms. The SMILES string of the molecule is CCCNc1cc2c(=O)[nH]c(C)nc2cc1F. The van der Waals surface area contributed by atoms with E-state index in [1.165, 1.54) is 12.1 Å². The number of nitrogens with zero attached hydrogens (tertiary/aromatic N) is 1. The number of aromatic nitrogens is 2. The largest absolute Gasteiger partial charge is 0.383 e. The van der Waals surface area contributed by atoms with E-state index in [1.54, 1.807) is 6.92 Å². The molecule has 2 aromatic rings. The van der Waals surface area contributed by atoms with Crippen LogP contribution in [-0.4, -0.2) is 16.5 Å². The smallest absolute Gasteiger partial charge is 0.258 e. The van der Waals surface area contributed by atoms with Crippen molar-refractivity contribution >= 4 is 16.6 Å². The second kappa shape index (κ2) is 4.53. The molecule has 0 atom stereocenters. The number of anilines is 1. The Morgan fingerprint density at radius 1 is 1.47 bits per heavy atom. The summed E-state index contributed by atoms with van der Waals surface area (Å²) < 4.78 is 13.7. The van der Waals surface area contributed by atoms with Gasteiger partial charge in [-0.25, -0.2) is 9.37 Å². The quantitative estimate of drug-likeness (QED) is 0.857. The van der Waals surface area contributed by atoms with Crippen molar-refractivity contribution in [3.8, 4) is 0 Å². The number of nitrogens with one attached hydrogen (secondary N) is 2. The second-order valence-electron chi connectivity index (χ2n) is 3.93. The van der Waals surface area contributed by atoms with Crippen LogP contribution in [0.15, 0.2) is 16.9 Å². The lowest BCUT2D eigenvalue weighted by atomic mass is 10.2. The molecule has 5 heteroatoms. The molecule has 0 aliphatic carbocycles. The van der Waals surface area contributed by atoms with Gasteiger partial charge in [-0.2, -0.15) is 0 Å². The van der Waals surface area contributed by atoms with Gasteiger partial charge < -0.3 is 10.3 Å². The molecule has 2 N–H and O–H groups in total. The predicted octanol–water partition coefficient (Wildman–Crippen LogP) is 2.19. The zero-order valence-electron chi connectivity index (χ0n) is 9.80. The Morgan fingerprint density at radius 2 is 2.24 bits per heavy atom. The molecule has 0 aliphatic rings. The molecule has 90 valence electrons. The Balaban J connectivity index is 2.59. The van der Waals surface area contributed by atoms with Crippen LogP contribution in [-0.2, 0) is 0 Å². The highest BCUT2D eigenvalue weighted by Crippen LogP contribution is 2.19. The van der Waals surface area contributed by atoms with E-state index in [0.717, 1.165) is 6.42 Å². The molecular formula is C12H14FN3O. The fraction of sp³-hybridized carbons (Fsp3) is 0.333. The lowest BCUT2D eigenvalue weighted by Crippen LogP contribution is -2.11. The van der Waals surface area contributed by atoms with Gasteiger partial charge in [-0.05, 0) is 19.4 Å². The van der Waals surface area contributed by atoms with Crippen molar-refractivity contribution in [1.29, 1.82) is 0 Å². The predicted molar refractivity (Wildman–Crippen MR) is 65.8 cm³/mol. The molecule has 17 heavy (non-hydrogen) atoms. The van der Waals surface area contributed by atoms with Crippen molar-refractivity contribution in [2.24, 2.45) is 0 Å². The van der Waals surface area contributed by atoms with Gasteiger partial charge in [-0.15, -0.1) is 0 Å². The molecule has 1 aromatic heterocycles. The van der Waals surface area contributed by atoms with E-state index >= 15 is 0 Å². The molecule has 0 fully saturated rings. The first-order chi connectivity index (χ1) is 8.11. The molecule has 4 nitrogen and oxygen atoms in total. The fourth-order valence-electron chi connectivity index (χ4n) is 1.67. The minimum absolute atomic E-state index is 0.243. The summed E-state index contributed by atoms with van der Waals surface area (Å²) in [6.45, 7) is 4.32. The third-order valence-electron chi connectivity index (χ3n) is 2.48. The van der Waals surface area contributed by atoms with Crippen molar-refractivity contribution in [3.05, 3.63) is 34.1 Å². The minimum Gasteiger partial charge on any atom is -0.383 e. The molecule has 1 heterocycles. The van der Waals surface area contributed by atoms with Crippen LogP contribution < -0.4 is 10.9 Å². The van der Waals surface area contributed by atoms with Gasteiger partial charge in [0.05, 0.1) is 16.6 Å². The Labute approximate surface area is 97.9 Å². The number of aromatic amines is 1. The minimum atomic E-state index is -0.386. The maximum Gasteiger partial charge on any atom is 0.258 e. The summed E-state index contributed by atoms with van der Waals surface area (Å²) in [5, 5.41) is 3.34. The van der Waals surface area contributed by atoms with Crippen LogP contribution in [0.2, 0.25) is 0 Å². The molecule has 0 aliphatic heterocycles. The number of halogens is 1. The standard InChI is InChI=1S/C12H14FN3O/c1-3-4-14-11-5-8-10(6-9(11)13)15-7(2)16-12(8)17/h5-6,14H,3-4H2,1-2H3,(H,15,16,17). The van der Waals surface area contributed by atoms with Gasteiger partial charge in [0.25, 0.3) is 5.56 Å². The first kappa shape index (κ1) is 11.6. The molecule has 1 aromatic carbocycles. The Kier molecular flexibility index (Phi) is 3.08. The highest BCUT2D eigenvalue weighted by Gasteiger charge is 2.08. The van der Waals surface area contributed by atoms with Crippen LogP contribution in [0.5, 0.6) is 0 Å². The lowest BCUT2D eigenvalue weighted by molar-refractivity contribution is 0.631. The summed E-state index contributed by atoms with van der Waals surface area (Å²) in [6.07, 6.45) is 0.889. The maximum atomic E-state index is 13.7. The first-order valence-electron chi connectivity index (χ1n) is 5.56. The number of hydrogen-bond donors (Lipinski definition) is 2. The molecule has 0 radical (unpaired) electrons. The van der Waals surface area contributed by atoms with Crippen LogP contribution in [0.1, 0.15) is 19.2 Å². The van der Waals surface area contributed by atoms with Crippen LogP contribution in [0.3, 0.4) is 0 Å². The molecule has 0 unspecified atom stereocenters. The van der Waals surface area contributed by atoms with E-state index in [-0.39, 0.29) is 11.4 Å². The van der Waals surface area contributed by atoms with Crippen molar-refractivity contribution < 1.29 is 4.39 Å². The molecule has 0 saturated carbocycles. The van der Waals surface area contributed by atoms with E-state index in [2.05, 4.69) is 15.3 Å². The highest BCUT2D eigenvalue weighted by molar-refractivity contribution is 5.81. The van der Waals surface area contributed by atoms with Gasteiger partial charge in [-0.1, -0.05) is 6.92 Å². The number of hydrogen-bond acceptors (Lipinski definition) is 3. The topological polar surface area (TPSA) is 57.8 Å². The number of benzene rings is 1. The van der Waals surface area contributed by atoms with E-state index in [0.29, 0.717) is 29.0 Å². The zero-order valence-corrected chi connectivity index (χ0v) is 9.80. The third-order valence-corrected chi connectivity index (χ3v) is 2.48. The van der Waals surface area contributed by atoms with Gasteiger partial charge in [0.15, 0.2) is 0 Å². The van der Waals surface area contributed by atoms with E-state index in [9.17, 15) is 9.18 Å². The van der Waals surface area contributed by atoms with Gasteiger partial charge in [0, 0.05) is 12.6 Å². The van der Waals surface area contributed by atoms with Crippen LogP contribution in [0.25, 0.3) is 10.9 Å². The summed E-state index contributed by atoms with van der Waals surface area (Å²) in [7, 11) is 0. The Hall–Kier alpha value is -1.91. The summed E-state index contributed by atoms with van der Waals surface area (Å²) in [4.78, 5) is 18.4. The second-order valence-corrected chi connectivity index (χ2v) is 3.93. The van der Waals surface area contributed by atoms with Gasteiger partial charge in [-0.3, -0.25) is 4.79 Å². The first-order valence-corrected chi connectivity index (χ1v) is 5.56. The van der Waals surface area contributed by atoms with Crippen LogP contribution in [0.4, 0.5) is 10.1 Å². The summed E-state index contributed by atoms with van der Waals surface area (Å²) in [5.74, 6) is 0.0969. The monoisotopic (exact) mass is 235 g/mol. The van der Waals surface area contributed by atoms with Crippen molar-refractivity contribution in [3.63, 3.8) is 0 Å². The number of fused-ring (bicyclic) bond motifs is 1. The summed E-state index contributed by atoms with van der Waals surface area (Å²) in [6, 6.07) is 2.79. The van der Waals surface area contributed by atoms with Crippen LogP contribution in [0, 0.1) is 12.7 Å². The summed E-state index contributed by atoms with van der Waals surface area (Å²) >= 11 is 0. The third kappa shape index (κ3) is 2.27. The Morgan fingerprint density at radius 3 is 2.94 bits per heavy atom. The van der Waals surface area contributed by atoms with Gasteiger partial charge in [0.2, 0.25) is 0 Å². The molecule has 0 saturated heterocycles. The number of rotatable bonds is 3.